The highest BCUT2D eigenvalue weighted by Gasteiger charge is 2.35. The number of likely N-dealkylation sites (tertiary alicyclic amines) is 1. The molecule has 25 heavy (non-hydrogen) atoms. The Kier molecular flexibility index (Phi) is 4.96. The summed E-state index contributed by atoms with van der Waals surface area (Å²) in [6.45, 7) is 3.07. The van der Waals surface area contributed by atoms with Gasteiger partial charge >= 0.3 is 0 Å². The van der Waals surface area contributed by atoms with E-state index in [1.54, 1.807) is 41.3 Å². The van der Waals surface area contributed by atoms with E-state index < -0.39 is 9.84 Å². The molecule has 134 valence electrons. The van der Waals surface area contributed by atoms with Gasteiger partial charge in [-0.1, -0.05) is 18.2 Å². The number of rotatable bonds is 5. The highest BCUT2D eigenvalue weighted by Crippen LogP contribution is 2.27. The molecule has 1 aliphatic heterocycles. The van der Waals surface area contributed by atoms with E-state index in [-0.39, 0.29) is 34.3 Å². The molecular weight excluding hydrogens is 340 g/mol. The second-order valence-corrected chi connectivity index (χ2v) is 8.48. The van der Waals surface area contributed by atoms with Gasteiger partial charge in [0.15, 0.2) is 15.6 Å². The number of carbonyl (C=O) groups is 1. The topological polar surface area (TPSA) is 93.6 Å². The SMILES string of the molecule is CC1CC(CN)CN1C(=O)c1occc1CS(=O)(=O)c1ccccc1. The number of nitrogens with two attached hydrogens (primary N) is 1. The first-order valence-corrected chi connectivity index (χ1v) is 9.93. The summed E-state index contributed by atoms with van der Waals surface area (Å²) in [4.78, 5) is 14.8. The van der Waals surface area contributed by atoms with Crippen LogP contribution in [-0.4, -0.2) is 38.4 Å². The fourth-order valence-corrected chi connectivity index (χ4v) is 4.65. The minimum absolute atomic E-state index is 0.0599. The Hall–Kier alpha value is -2.12. The molecule has 7 heteroatoms. The molecule has 2 N–H and O–H groups in total. The fraction of sp³-hybridized carbons (Fsp3) is 0.389. The third-order valence-corrected chi connectivity index (χ3v) is 6.33. The summed E-state index contributed by atoms with van der Waals surface area (Å²) in [6, 6.07) is 9.81. The molecular formula is C18H22N2O4S. The van der Waals surface area contributed by atoms with E-state index in [0.29, 0.717) is 18.7 Å². The molecule has 0 bridgehead atoms. The number of hydrogen-bond donors (Lipinski definition) is 1. The molecule has 6 nitrogen and oxygen atoms in total. The van der Waals surface area contributed by atoms with E-state index in [2.05, 4.69) is 0 Å². The summed E-state index contributed by atoms with van der Waals surface area (Å²) in [7, 11) is -3.54. The zero-order chi connectivity index (χ0) is 18.0. The second-order valence-electron chi connectivity index (χ2n) is 6.49. The summed E-state index contributed by atoms with van der Waals surface area (Å²) < 4.78 is 30.5. The lowest BCUT2D eigenvalue weighted by atomic mass is 10.1. The van der Waals surface area contributed by atoms with E-state index in [1.165, 1.54) is 6.26 Å². The number of amides is 1. The average Bonchev–Trinajstić information content (AvgIpc) is 3.21. The molecule has 1 aliphatic rings. The highest BCUT2D eigenvalue weighted by molar-refractivity contribution is 7.90. The predicted molar refractivity (Wildman–Crippen MR) is 93.7 cm³/mol. The smallest absolute Gasteiger partial charge is 0.290 e. The molecule has 1 saturated heterocycles. The maximum atomic E-state index is 12.8. The lowest BCUT2D eigenvalue weighted by molar-refractivity contribution is 0.0710. The highest BCUT2D eigenvalue weighted by atomic mass is 32.2. The van der Waals surface area contributed by atoms with Crippen molar-refractivity contribution in [3.63, 3.8) is 0 Å². The molecule has 1 fully saturated rings. The molecule has 0 radical (unpaired) electrons. The number of carbonyl (C=O) groups excluding carboxylic acids is 1. The van der Waals surface area contributed by atoms with Gasteiger partial charge in [0.1, 0.15) is 0 Å². The van der Waals surface area contributed by atoms with Crippen LogP contribution in [-0.2, 0) is 15.6 Å². The van der Waals surface area contributed by atoms with Gasteiger partial charge in [-0.15, -0.1) is 0 Å². The van der Waals surface area contributed by atoms with E-state index in [4.69, 9.17) is 10.2 Å². The number of sulfone groups is 1. The third kappa shape index (κ3) is 3.62. The Morgan fingerprint density at radius 3 is 2.64 bits per heavy atom. The maximum Gasteiger partial charge on any atom is 0.290 e. The molecule has 3 rings (SSSR count). The largest absolute Gasteiger partial charge is 0.459 e. The molecule has 0 spiro atoms. The fourth-order valence-electron chi connectivity index (χ4n) is 3.28. The molecule has 0 saturated carbocycles. The van der Waals surface area contributed by atoms with Crippen molar-refractivity contribution in [2.24, 2.45) is 11.7 Å². The predicted octanol–water partition coefficient (Wildman–Crippen LogP) is 2.06. The first-order chi connectivity index (χ1) is 11.9. The Balaban J connectivity index is 1.83. The minimum Gasteiger partial charge on any atom is -0.459 e. The van der Waals surface area contributed by atoms with Gasteiger partial charge in [-0.3, -0.25) is 4.79 Å². The average molecular weight is 362 g/mol. The summed E-state index contributed by atoms with van der Waals surface area (Å²) in [5, 5.41) is 0. The van der Waals surface area contributed by atoms with Crippen molar-refractivity contribution in [3.05, 3.63) is 54.0 Å². The standard InChI is InChI=1S/C18H22N2O4S/c1-13-9-14(10-19)11-20(13)18(21)17-15(7-8-24-17)12-25(22,23)16-5-3-2-4-6-16/h2-8,13-14H,9-12,19H2,1H3. The molecule has 2 heterocycles. The van der Waals surface area contributed by atoms with Crippen LogP contribution in [0, 0.1) is 5.92 Å². The lowest BCUT2D eigenvalue weighted by Crippen LogP contribution is -2.34. The van der Waals surface area contributed by atoms with Crippen molar-refractivity contribution < 1.29 is 17.6 Å². The van der Waals surface area contributed by atoms with Gasteiger partial charge in [0, 0.05) is 18.2 Å². The maximum absolute atomic E-state index is 12.8. The monoisotopic (exact) mass is 362 g/mol. The Bertz CT molecular complexity index is 845. The van der Waals surface area contributed by atoms with Crippen molar-refractivity contribution in [1.29, 1.82) is 0 Å². The third-order valence-electron chi connectivity index (χ3n) is 4.64. The van der Waals surface area contributed by atoms with Gasteiger partial charge in [0.2, 0.25) is 0 Å². The van der Waals surface area contributed by atoms with Crippen LogP contribution in [0.25, 0.3) is 0 Å². The van der Waals surface area contributed by atoms with Crippen LogP contribution in [0.2, 0.25) is 0 Å². The zero-order valence-corrected chi connectivity index (χ0v) is 14.9. The van der Waals surface area contributed by atoms with E-state index in [1.807, 2.05) is 6.92 Å². The van der Waals surface area contributed by atoms with Gasteiger partial charge < -0.3 is 15.1 Å². The molecule has 2 atom stereocenters. The number of furan rings is 1. The molecule has 2 unspecified atom stereocenters. The summed E-state index contributed by atoms with van der Waals surface area (Å²) in [5.41, 5.74) is 6.10. The molecule has 0 aliphatic carbocycles. The summed E-state index contributed by atoms with van der Waals surface area (Å²) in [5.74, 6) is -0.168. The van der Waals surface area contributed by atoms with E-state index in [9.17, 15) is 13.2 Å². The second kappa shape index (κ2) is 7.01. The first kappa shape index (κ1) is 17.7. The van der Waals surface area contributed by atoms with Crippen LogP contribution in [0.15, 0.2) is 52.0 Å². The van der Waals surface area contributed by atoms with Gasteiger partial charge in [-0.25, -0.2) is 8.42 Å². The first-order valence-electron chi connectivity index (χ1n) is 8.27. The number of benzene rings is 1. The van der Waals surface area contributed by atoms with Crippen molar-refractivity contribution in [2.75, 3.05) is 13.1 Å². The van der Waals surface area contributed by atoms with E-state index in [0.717, 1.165) is 6.42 Å². The van der Waals surface area contributed by atoms with Crippen LogP contribution in [0.3, 0.4) is 0 Å². The van der Waals surface area contributed by atoms with Crippen LogP contribution in [0.5, 0.6) is 0 Å². The summed E-state index contributed by atoms with van der Waals surface area (Å²) >= 11 is 0. The van der Waals surface area contributed by atoms with Crippen LogP contribution < -0.4 is 5.73 Å². The number of nitrogens with zero attached hydrogens (tertiary/aromatic N) is 1. The van der Waals surface area contributed by atoms with Crippen LogP contribution >= 0.6 is 0 Å². The van der Waals surface area contributed by atoms with Crippen molar-refractivity contribution in [3.8, 4) is 0 Å². The minimum atomic E-state index is -3.54. The zero-order valence-electron chi connectivity index (χ0n) is 14.1. The van der Waals surface area contributed by atoms with Gasteiger partial charge in [-0.2, -0.15) is 0 Å². The Morgan fingerprint density at radius 2 is 2.00 bits per heavy atom. The summed E-state index contributed by atoms with van der Waals surface area (Å²) in [6.07, 6.45) is 2.21. The number of hydrogen-bond acceptors (Lipinski definition) is 5. The normalized spacial score (nSPS) is 20.8. The molecule has 1 aromatic heterocycles. The van der Waals surface area contributed by atoms with Crippen LogP contribution in [0.4, 0.5) is 0 Å². The molecule has 2 aromatic rings. The Morgan fingerprint density at radius 1 is 1.28 bits per heavy atom. The molecule has 1 aromatic carbocycles. The molecule has 1 amide bonds. The van der Waals surface area contributed by atoms with Crippen LogP contribution in [0.1, 0.15) is 29.5 Å². The van der Waals surface area contributed by atoms with Gasteiger partial charge in [0.05, 0.1) is 16.9 Å². The van der Waals surface area contributed by atoms with Crippen molar-refractivity contribution in [1.82, 2.24) is 4.90 Å². The van der Waals surface area contributed by atoms with Gasteiger partial charge in [-0.05, 0) is 44.0 Å². The Labute approximate surface area is 147 Å². The van der Waals surface area contributed by atoms with Crippen molar-refractivity contribution in [2.45, 2.75) is 30.0 Å². The quantitative estimate of drug-likeness (QED) is 0.879. The lowest BCUT2D eigenvalue weighted by Gasteiger charge is -2.20. The van der Waals surface area contributed by atoms with Gasteiger partial charge in [0.25, 0.3) is 5.91 Å². The van der Waals surface area contributed by atoms with Crippen molar-refractivity contribution >= 4 is 15.7 Å². The van der Waals surface area contributed by atoms with E-state index >= 15 is 0 Å².